The molecule has 3 aromatic rings. The second-order valence-electron chi connectivity index (χ2n) is 11.1. The number of phenolic OH excluding ortho intramolecular Hbond substituents is 1. The quantitative estimate of drug-likeness (QED) is 0.202. The Morgan fingerprint density at radius 2 is 1.57 bits per heavy atom. The normalized spacial score (nSPS) is 15.3. The van der Waals surface area contributed by atoms with Gasteiger partial charge in [0, 0.05) is 51.6 Å². The summed E-state index contributed by atoms with van der Waals surface area (Å²) in [7, 11) is 5.18. The van der Waals surface area contributed by atoms with Gasteiger partial charge in [-0.05, 0) is 90.6 Å². The van der Waals surface area contributed by atoms with Gasteiger partial charge < -0.3 is 29.4 Å². The highest BCUT2D eigenvalue weighted by Crippen LogP contribution is 2.39. The lowest BCUT2D eigenvalue weighted by Gasteiger charge is -2.29. The molecule has 0 saturated heterocycles. The molecule has 0 amide bonds. The van der Waals surface area contributed by atoms with E-state index >= 15 is 0 Å². The lowest BCUT2D eigenvalue weighted by molar-refractivity contribution is 0.104. The summed E-state index contributed by atoms with van der Waals surface area (Å²) in [6, 6.07) is 21.0. The minimum Gasteiger partial charge on any atom is -0.508 e. The molecule has 0 heterocycles. The molecule has 228 valence electrons. The van der Waals surface area contributed by atoms with Crippen LogP contribution in [0.1, 0.15) is 47.9 Å². The third kappa shape index (κ3) is 9.12. The number of aryl methyl sites for hydroxylation is 1. The number of hydrogen-bond acceptors (Lipinski definition) is 7. The molecule has 7 heteroatoms. The van der Waals surface area contributed by atoms with E-state index in [9.17, 15) is 5.11 Å². The van der Waals surface area contributed by atoms with E-state index in [0.717, 1.165) is 68.9 Å². The van der Waals surface area contributed by atoms with Gasteiger partial charge in [0.05, 0.1) is 20.3 Å². The van der Waals surface area contributed by atoms with E-state index in [1.54, 1.807) is 27.4 Å². The van der Waals surface area contributed by atoms with Gasteiger partial charge in [0.25, 0.3) is 0 Å². The van der Waals surface area contributed by atoms with Gasteiger partial charge in [0.15, 0.2) is 0 Å². The maximum Gasteiger partial charge on any atom is 0.120 e. The topological polar surface area (TPSA) is 72.4 Å². The molecular formula is C35H48N2O5. The highest BCUT2D eigenvalue weighted by Gasteiger charge is 2.24. The summed E-state index contributed by atoms with van der Waals surface area (Å²) in [5.41, 5.74) is 6.36. The number of nitrogens with one attached hydrogen (secondary N) is 1. The van der Waals surface area contributed by atoms with Gasteiger partial charge in [-0.25, -0.2) is 0 Å². The van der Waals surface area contributed by atoms with Crippen molar-refractivity contribution < 1.29 is 24.1 Å². The van der Waals surface area contributed by atoms with Crippen molar-refractivity contribution in [2.45, 2.75) is 51.0 Å². The first-order valence-electron chi connectivity index (χ1n) is 15.2. The largest absolute Gasteiger partial charge is 0.508 e. The summed E-state index contributed by atoms with van der Waals surface area (Å²) in [6.45, 7) is 6.80. The molecule has 1 aliphatic rings. The first kappa shape index (κ1) is 31.7. The standard InChI is InChI=1S/C35H48N2O5/c1-5-30(22-26-6-12-32(13-7-26)42-21-18-37(16-19-39-2)17-20-40-3)36-35-25-33(41-4)14-15-34(35)29-9-8-28-24-31(38)11-10-27(28)23-29/h6-7,10-15,24-25,29-30,36,38H,5,8-9,16-23H2,1-4H3. The molecule has 0 saturated carbocycles. The molecule has 0 fully saturated rings. The van der Waals surface area contributed by atoms with Crippen LogP contribution in [0.4, 0.5) is 5.69 Å². The Morgan fingerprint density at radius 3 is 2.26 bits per heavy atom. The number of anilines is 1. The molecule has 2 unspecified atom stereocenters. The predicted molar refractivity (Wildman–Crippen MR) is 169 cm³/mol. The lowest BCUT2D eigenvalue weighted by atomic mass is 9.79. The second-order valence-corrected chi connectivity index (χ2v) is 11.1. The number of rotatable bonds is 17. The smallest absolute Gasteiger partial charge is 0.120 e. The van der Waals surface area contributed by atoms with E-state index in [2.05, 4.69) is 65.7 Å². The van der Waals surface area contributed by atoms with Crippen molar-refractivity contribution in [1.82, 2.24) is 4.90 Å². The van der Waals surface area contributed by atoms with E-state index in [-0.39, 0.29) is 6.04 Å². The molecular weight excluding hydrogens is 528 g/mol. The van der Waals surface area contributed by atoms with Crippen LogP contribution < -0.4 is 14.8 Å². The van der Waals surface area contributed by atoms with Gasteiger partial charge in [-0.15, -0.1) is 0 Å². The lowest BCUT2D eigenvalue weighted by Crippen LogP contribution is -2.34. The molecule has 3 aromatic carbocycles. The molecule has 0 bridgehead atoms. The number of benzene rings is 3. The number of hydrogen-bond donors (Lipinski definition) is 2. The van der Waals surface area contributed by atoms with Crippen molar-refractivity contribution in [3.05, 3.63) is 82.9 Å². The molecule has 0 aromatic heterocycles. The van der Waals surface area contributed by atoms with Crippen LogP contribution in [0.15, 0.2) is 60.7 Å². The first-order chi connectivity index (χ1) is 20.5. The second kappa shape index (κ2) is 16.4. The summed E-state index contributed by atoms with van der Waals surface area (Å²) < 4.78 is 22.1. The third-order valence-corrected chi connectivity index (χ3v) is 8.28. The molecule has 2 atom stereocenters. The Hall–Kier alpha value is -3.26. The van der Waals surface area contributed by atoms with Crippen molar-refractivity contribution in [2.24, 2.45) is 0 Å². The van der Waals surface area contributed by atoms with Gasteiger partial charge in [-0.1, -0.05) is 31.2 Å². The fourth-order valence-electron chi connectivity index (χ4n) is 5.74. The Balaban J connectivity index is 1.37. The van der Waals surface area contributed by atoms with E-state index in [1.165, 1.54) is 22.3 Å². The van der Waals surface area contributed by atoms with E-state index in [0.29, 0.717) is 31.5 Å². The van der Waals surface area contributed by atoms with Crippen molar-refractivity contribution in [1.29, 1.82) is 0 Å². The number of ether oxygens (including phenoxy) is 4. The van der Waals surface area contributed by atoms with Crippen molar-refractivity contribution in [2.75, 3.05) is 66.1 Å². The molecule has 0 radical (unpaired) electrons. The molecule has 7 nitrogen and oxygen atoms in total. The van der Waals surface area contributed by atoms with Crippen molar-refractivity contribution in [3.63, 3.8) is 0 Å². The van der Waals surface area contributed by atoms with Crippen LogP contribution in [0.5, 0.6) is 17.2 Å². The SMILES string of the molecule is CCC(Cc1ccc(OCCN(CCOC)CCOC)cc1)Nc1cc(OC)ccc1C1CCc2cc(O)ccc2C1. The fourth-order valence-corrected chi connectivity index (χ4v) is 5.74. The van der Waals surface area contributed by atoms with Crippen LogP contribution in [0.2, 0.25) is 0 Å². The molecule has 1 aliphatic carbocycles. The van der Waals surface area contributed by atoms with Gasteiger partial charge in [-0.3, -0.25) is 4.90 Å². The minimum absolute atomic E-state index is 0.283. The average Bonchev–Trinajstić information content (AvgIpc) is 3.02. The highest BCUT2D eigenvalue weighted by molar-refractivity contribution is 5.58. The monoisotopic (exact) mass is 576 g/mol. The maximum absolute atomic E-state index is 9.91. The van der Waals surface area contributed by atoms with Crippen LogP contribution in [0.25, 0.3) is 0 Å². The summed E-state index contributed by atoms with van der Waals surface area (Å²) >= 11 is 0. The molecule has 42 heavy (non-hydrogen) atoms. The Labute approximate surface area is 251 Å². The summed E-state index contributed by atoms with van der Waals surface area (Å²) in [5.74, 6) is 2.53. The zero-order chi connectivity index (χ0) is 29.7. The van der Waals surface area contributed by atoms with Crippen molar-refractivity contribution >= 4 is 5.69 Å². The Morgan fingerprint density at radius 1 is 0.857 bits per heavy atom. The number of methoxy groups -OCH3 is 3. The van der Waals surface area contributed by atoms with Gasteiger partial charge in [0.1, 0.15) is 23.9 Å². The average molecular weight is 577 g/mol. The number of fused-ring (bicyclic) bond motifs is 1. The molecule has 4 rings (SSSR count). The van der Waals surface area contributed by atoms with E-state index in [1.807, 2.05) is 6.07 Å². The van der Waals surface area contributed by atoms with Crippen LogP contribution in [-0.4, -0.2) is 76.8 Å². The van der Waals surface area contributed by atoms with Crippen LogP contribution in [0.3, 0.4) is 0 Å². The number of nitrogens with zero attached hydrogens (tertiary/aromatic N) is 1. The molecule has 0 aliphatic heterocycles. The van der Waals surface area contributed by atoms with E-state index < -0.39 is 0 Å². The molecule has 0 spiro atoms. The first-order valence-corrected chi connectivity index (χ1v) is 15.2. The van der Waals surface area contributed by atoms with Gasteiger partial charge in [0.2, 0.25) is 0 Å². The number of phenols is 1. The van der Waals surface area contributed by atoms with Crippen LogP contribution in [0, 0.1) is 0 Å². The highest BCUT2D eigenvalue weighted by atomic mass is 16.5. The third-order valence-electron chi connectivity index (χ3n) is 8.28. The zero-order valence-corrected chi connectivity index (χ0v) is 25.7. The summed E-state index contributed by atoms with van der Waals surface area (Å²) in [6.07, 6.45) is 4.93. The summed E-state index contributed by atoms with van der Waals surface area (Å²) in [4.78, 5) is 2.29. The van der Waals surface area contributed by atoms with Gasteiger partial charge in [-0.2, -0.15) is 0 Å². The molecule has 2 N–H and O–H groups in total. The number of aromatic hydroxyl groups is 1. The van der Waals surface area contributed by atoms with Gasteiger partial charge >= 0.3 is 0 Å². The van der Waals surface area contributed by atoms with Crippen LogP contribution in [-0.2, 0) is 28.7 Å². The Bertz CT molecular complexity index is 1220. The summed E-state index contributed by atoms with van der Waals surface area (Å²) in [5, 5.41) is 13.8. The Kier molecular flexibility index (Phi) is 12.4. The zero-order valence-electron chi connectivity index (χ0n) is 25.7. The fraction of sp³-hybridized carbons (Fsp3) is 0.486. The van der Waals surface area contributed by atoms with E-state index in [4.69, 9.17) is 18.9 Å². The minimum atomic E-state index is 0.283. The maximum atomic E-state index is 9.91. The van der Waals surface area contributed by atoms with Crippen LogP contribution >= 0.6 is 0 Å². The predicted octanol–water partition coefficient (Wildman–Crippen LogP) is 6.08. The van der Waals surface area contributed by atoms with Crippen molar-refractivity contribution in [3.8, 4) is 17.2 Å².